The Labute approximate surface area is 182 Å². The Morgan fingerprint density at radius 1 is 1.17 bits per heavy atom. The van der Waals surface area contributed by atoms with Gasteiger partial charge in [0.05, 0.1) is 30.7 Å². The highest BCUT2D eigenvalue weighted by Crippen LogP contribution is 2.33. The molecule has 2 aliphatic rings. The summed E-state index contributed by atoms with van der Waals surface area (Å²) in [5.41, 5.74) is 2.52. The van der Waals surface area contributed by atoms with E-state index in [0.717, 1.165) is 38.4 Å². The number of amides is 1. The summed E-state index contributed by atoms with van der Waals surface area (Å²) < 4.78 is 28.4. The van der Waals surface area contributed by atoms with Crippen molar-refractivity contribution in [2.45, 2.75) is 4.21 Å². The molecular weight excluding hydrogens is 444 g/mol. The number of rotatable bonds is 4. The van der Waals surface area contributed by atoms with Gasteiger partial charge in [-0.25, -0.2) is 13.7 Å². The fraction of sp³-hybridized carbons (Fsp3) is 0.200. The van der Waals surface area contributed by atoms with Gasteiger partial charge in [0.25, 0.3) is 10.0 Å². The maximum absolute atomic E-state index is 13.1. The smallest absolute Gasteiger partial charge is 0.253 e. The summed E-state index contributed by atoms with van der Waals surface area (Å²) in [7, 11) is -3.75. The van der Waals surface area contributed by atoms with Crippen molar-refractivity contribution in [3.8, 4) is 0 Å². The van der Waals surface area contributed by atoms with Gasteiger partial charge in [-0.3, -0.25) is 9.78 Å². The summed E-state index contributed by atoms with van der Waals surface area (Å²) in [6.45, 7) is 0.725. The molecule has 0 unspecified atom stereocenters. The lowest BCUT2D eigenvalue weighted by atomic mass is 10.2. The minimum Gasteiger partial charge on any atom is -0.334 e. The Morgan fingerprint density at radius 2 is 2.03 bits per heavy atom. The molecule has 0 bridgehead atoms. The van der Waals surface area contributed by atoms with E-state index >= 15 is 0 Å². The summed E-state index contributed by atoms with van der Waals surface area (Å²) in [6.07, 6.45) is 5.31. The van der Waals surface area contributed by atoms with Gasteiger partial charge in [0.15, 0.2) is 0 Å². The summed E-state index contributed by atoms with van der Waals surface area (Å²) in [4.78, 5) is 18.4. The Balaban J connectivity index is 1.30. The highest BCUT2D eigenvalue weighted by atomic mass is 35.5. The van der Waals surface area contributed by atoms with E-state index in [-0.39, 0.29) is 23.2 Å². The second-order valence-electron chi connectivity index (χ2n) is 7.08. The predicted molar refractivity (Wildman–Crippen MR) is 116 cm³/mol. The summed E-state index contributed by atoms with van der Waals surface area (Å²) in [6, 6.07) is 8.78. The molecular formula is C20H16ClN4O3S2. The molecule has 0 N–H and O–H groups in total. The van der Waals surface area contributed by atoms with E-state index in [1.165, 1.54) is 4.31 Å². The van der Waals surface area contributed by atoms with Crippen molar-refractivity contribution in [1.29, 1.82) is 0 Å². The molecule has 10 heteroatoms. The molecule has 2 aliphatic heterocycles. The number of thiophene rings is 1. The molecule has 4 heterocycles. The van der Waals surface area contributed by atoms with Crippen molar-refractivity contribution in [3.63, 3.8) is 0 Å². The second-order valence-corrected chi connectivity index (χ2v) is 10.8. The lowest BCUT2D eigenvalue weighted by Crippen LogP contribution is -2.52. The topological polar surface area (TPSA) is 84.7 Å². The van der Waals surface area contributed by atoms with Gasteiger partial charge in [-0.2, -0.15) is 4.31 Å². The number of benzene rings is 1. The lowest BCUT2D eigenvalue weighted by molar-refractivity contribution is -0.133. The van der Waals surface area contributed by atoms with Gasteiger partial charge in [-0.05, 0) is 35.7 Å². The van der Waals surface area contributed by atoms with E-state index in [9.17, 15) is 13.2 Å². The minimum atomic E-state index is -3.75. The van der Waals surface area contributed by atoms with Gasteiger partial charge >= 0.3 is 0 Å². The molecule has 1 radical (unpaired) electrons. The van der Waals surface area contributed by atoms with Crippen LogP contribution < -0.4 is 5.32 Å². The molecule has 1 saturated heterocycles. The van der Waals surface area contributed by atoms with Crippen molar-refractivity contribution < 1.29 is 13.2 Å². The number of piperazine rings is 1. The average Bonchev–Trinajstić information content (AvgIpc) is 3.32. The van der Waals surface area contributed by atoms with Crippen LogP contribution in [-0.2, 0) is 14.8 Å². The third-order valence-electron chi connectivity index (χ3n) is 5.11. The molecule has 5 rings (SSSR count). The minimum absolute atomic E-state index is 0.181. The molecule has 3 aromatic rings. The zero-order valence-electron chi connectivity index (χ0n) is 15.7. The average molecular weight is 460 g/mol. The number of nitrogens with zero attached hydrogens (tertiary/aromatic N) is 4. The molecule has 30 heavy (non-hydrogen) atoms. The van der Waals surface area contributed by atoms with Gasteiger partial charge in [0, 0.05) is 34.6 Å². The van der Waals surface area contributed by atoms with Crippen LogP contribution in [0.2, 0.25) is 5.02 Å². The number of carbonyl (C=O) groups excluding carboxylic acids is 1. The molecule has 0 aliphatic carbocycles. The number of aromatic nitrogens is 1. The number of halogens is 1. The van der Waals surface area contributed by atoms with Crippen LogP contribution in [0.1, 0.15) is 5.56 Å². The Morgan fingerprint density at radius 3 is 2.83 bits per heavy atom. The SMILES string of the molecule is O=C1CN(S(=O)(=O)c2cc3ccc(Cl)cc3s2)CCN1CC1=Cc2ccncc2[N]1. The van der Waals surface area contributed by atoms with Crippen LogP contribution in [0.15, 0.2) is 52.6 Å². The standard InChI is InChI=1S/C20H16ClN4O3S2/c21-15-2-1-14-8-20(29-18(14)9-15)30(27,28)25-6-5-24(19(26)12-25)11-16-7-13-3-4-22-10-17(13)23-16/h1-4,7-10H,5-6,11-12H2. The van der Waals surface area contributed by atoms with Crippen molar-refractivity contribution in [2.75, 3.05) is 26.2 Å². The van der Waals surface area contributed by atoms with Crippen molar-refractivity contribution >= 4 is 60.7 Å². The van der Waals surface area contributed by atoms with Crippen LogP contribution in [0, 0.1) is 0 Å². The van der Waals surface area contributed by atoms with Gasteiger partial charge in [0.2, 0.25) is 5.91 Å². The molecule has 2 aromatic heterocycles. The summed E-state index contributed by atoms with van der Waals surface area (Å²) >= 11 is 7.17. The maximum Gasteiger partial charge on any atom is 0.253 e. The van der Waals surface area contributed by atoms with E-state index in [1.54, 1.807) is 41.6 Å². The maximum atomic E-state index is 13.1. The first-order valence-electron chi connectivity index (χ1n) is 9.23. The third-order valence-corrected chi connectivity index (χ3v) is 8.74. The van der Waals surface area contributed by atoms with E-state index in [1.807, 2.05) is 12.1 Å². The van der Waals surface area contributed by atoms with Crippen LogP contribution in [0.5, 0.6) is 0 Å². The van der Waals surface area contributed by atoms with Crippen LogP contribution in [0.4, 0.5) is 5.69 Å². The Hall–Kier alpha value is -2.46. The fourth-order valence-corrected chi connectivity index (χ4v) is 6.76. The van der Waals surface area contributed by atoms with E-state index < -0.39 is 10.0 Å². The van der Waals surface area contributed by atoms with Crippen molar-refractivity contribution in [3.05, 3.63) is 59.0 Å². The number of hydrogen-bond acceptors (Lipinski definition) is 5. The molecule has 0 spiro atoms. The lowest BCUT2D eigenvalue weighted by Gasteiger charge is -2.33. The second kappa shape index (κ2) is 7.35. The van der Waals surface area contributed by atoms with E-state index in [2.05, 4.69) is 10.3 Å². The monoisotopic (exact) mass is 459 g/mol. The fourth-order valence-electron chi connectivity index (χ4n) is 3.55. The van der Waals surface area contributed by atoms with Crippen LogP contribution in [0.25, 0.3) is 16.2 Å². The summed E-state index contributed by atoms with van der Waals surface area (Å²) in [5, 5.41) is 5.86. The van der Waals surface area contributed by atoms with E-state index in [4.69, 9.17) is 11.6 Å². The highest BCUT2D eigenvalue weighted by molar-refractivity contribution is 7.91. The van der Waals surface area contributed by atoms with Gasteiger partial charge in [-0.1, -0.05) is 17.7 Å². The molecule has 1 fully saturated rings. The number of sulfonamides is 1. The molecule has 153 valence electrons. The first-order valence-corrected chi connectivity index (χ1v) is 11.9. The zero-order valence-corrected chi connectivity index (χ0v) is 18.0. The molecule has 7 nitrogen and oxygen atoms in total. The number of hydrogen-bond donors (Lipinski definition) is 0. The zero-order chi connectivity index (χ0) is 20.9. The van der Waals surface area contributed by atoms with Crippen molar-refractivity contribution in [2.24, 2.45) is 0 Å². The van der Waals surface area contributed by atoms with Crippen LogP contribution in [0.3, 0.4) is 0 Å². The number of carbonyl (C=O) groups is 1. The Kier molecular flexibility index (Phi) is 4.78. The quantitative estimate of drug-likeness (QED) is 0.600. The van der Waals surface area contributed by atoms with Gasteiger partial charge < -0.3 is 4.90 Å². The van der Waals surface area contributed by atoms with E-state index in [0.29, 0.717) is 18.1 Å². The third kappa shape index (κ3) is 3.47. The first-order chi connectivity index (χ1) is 14.4. The van der Waals surface area contributed by atoms with Gasteiger partial charge in [0.1, 0.15) is 4.21 Å². The highest BCUT2D eigenvalue weighted by Gasteiger charge is 2.34. The summed E-state index contributed by atoms with van der Waals surface area (Å²) in [5.74, 6) is -0.237. The largest absolute Gasteiger partial charge is 0.334 e. The molecule has 1 amide bonds. The number of pyridine rings is 1. The van der Waals surface area contributed by atoms with Crippen LogP contribution >= 0.6 is 22.9 Å². The molecule has 0 saturated carbocycles. The van der Waals surface area contributed by atoms with Crippen LogP contribution in [-0.4, -0.2) is 54.7 Å². The Bertz CT molecular complexity index is 1300. The molecule has 0 atom stereocenters. The normalized spacial score (nSPS) is 17.2. The predicted octanol–water partition coefficient (Wildman–Crippen LogP) is 3.07. The molecule has 1 aromatic carbocycles. The van der Waals surface area contributed by atoms with Crippen molar-refractivity contribution in [1.82, 2.24) is 19.5 Å². The van der Waals surface area contributed by atoms with Gasteiger partial charge in [-0.15, -0.1) is 11.3 Å². The first kappa shape index (κ1) is 19.5. The number of fused-ring (bicyclic) bond motifs is 2.